The molecule has 1 N–H and O–H groups in total. The fraction of sp³-hybridized carbons (Fsp3) is 0.261. The van der Waals surface area contributed by atoms with Crippen LogP contribution in [0, 0.1) is 5.92 Å². The van der Waals surface area contributed by atoms with Gasteiger partial charge in [0.2, 0.25) is 0 Å². The highest BCUT2D eigenvalue weighted by molar-refractivity contribution is 6.04. The van der Waals surface area contributed by atoms with Crippen molar-refractivity contribution in [2.75, 3.05) is 13.2 Å². The lowest BCUT2D eigenvalue weighted by atomic mass is 9.79. The van der Waals surface area contributed by atoms with E-state index in [-0.39, 0.29) is 0 Å². The first-order valence-corrected chi connectivity index (χ1v) is 9.40. The van der Waals surface area contributed by atoms with Gasteiger partial charge in [0, 0.05) is 35.7 Å². The molecule has 5 rings (SSSR count). The molecule has 1 aliphatic rings. The molecule has 3 nitrogen and oxygen atoms in total. The molecule has 130 valence electrons. The van der Waals surface area contributed by atoms with E-state index < -0.39 is 0 Å². The van der Waals surface area contributed by atoms with Gasteiger partial charge in [-0.2, -0.15) is 0 Å². The number of nitrogens with one attached hydrogen (secondary N) is 1. The number of ether oxygens (including phenoxy) is 1. The highest BCUT2D eigenvalue weighted by Crippen LogP contribution is 2.37. The molecular formula is C23H22N2O. The van der Waals surface area contributed by atoms with Crippen molar-refractivity contribution in [1.29, 1.82) is 0 Å². The van der Waals surface area contributed by atoms with Gasteiger partial charge in [0.15, 0.2) is 0 Å². The molecule has 2 aromatic carbocycles. The lowest BCUT2D eigenvalue weighted by molar-refractivity contribution is 0.0613. The van der Waals surface area contributed by atoms with Gasteiger partial charge in [-0.1, -0.05) is 48.5 Å². The number of pyridine rings is 1. The molecule has 0 aliphatic carbocycles. The van der Waals surface area contributed by atoms with Crippen LogP contribution in [0.5, 0.6) is 0 Å². The Bertz CT molecular complexity index is 1030. The second kappa shape index (κ2) is 6.58. The van der Waals surface area contributed by atoms with Gasteiger partial charge >= 0.3 is 0 Å². The minimum atomic E-state index is 0.318. The highest BCUT2D eigenvalue weighted by atomic mass is 16.5. The number of benzene rings is 2. The van der Waals surface area contributed by atoms with Crippen LogP contribution in [0.25, 0.3) is 21.9 Å². The quantitative estimate of drug-likeness (QED) is 0.550. The molecule has 3 heteroatoms. The van der Waals surface area contributed by atoms with Crippen LogP contribution in [-0.4, -0.2) is 23.2 Å². The largest absolute Gasteiger partial charge is 0.381 e. The van der Waals surface area contributed by atoms with Crippen LogP contribution < -0.4 is 0 Å². The fourth-order valence-electron chi connectivity index (χ4n) is 4.29. The summed E-state index contributed by atoms with van der Waals surface area (Å²) in [6.45, 7) is 1.70. The molecule has 2 aromatic heterocycles. The Balaban J connectivity index is 1.66. The van der Waals surface area contributed by atoms with E-state index in [1.165, 1.54) is 16.6 Å². The van der Waals surface area contributed by atoms with Crippen LogP contribution in [-0.2, 0) is 4.74 Å². The maximum absolute atomic E-state index is 5.61. The Hall–Kier alpha value is -2.65. The number of nitrogens with zero attached hydrogens (tertiary/aromatic N) is 1. The molecule has 0 amide bonds. The third kappa shape index (κ3) is 2.69. The zero-order valence-electron chi connectivity index (χ0n) is 14.7. The summed E-state index contributed by atoms with van der Waals surface area (Å²) in [5.74, 6) is 0.888. The summed E-state index contributed by atoms with van der Waals surface area (Å²) in [5, 5.41) is 1.20. The van der Waals surface area contributed by atoms with Crippen molar-refractivity contribution in [1.82, 2.24) is 9.97 Å². The number of H-pyrrole nitrogens is 1. The Morgan fingerprint density at radius 1 is 0.846 bits per heavy atom. The summed E-state index contributed by atoms with van der Waals surface area (Å²) >= 11 is 0. The van der Waals surface area contributed by atoms with Crippen molar-refractivity contribution in [3.8, 4) is 0 Å². The number of fused-ring (bicyclic) bond motifs is 3. The molecule has 0 saturated carbocycles. The Morgan fingerprint density at radius 3 is 2.46 bits per heavy atom. The van der Waals surface area contributed by atoms with Crippen LogP contribution >= 0.6 is 0 Å². The Morgan fingerprint density at radius 2 is 1.62 bits per heavy atom. The van der Waals surface area contributed by atoms with E-state index in [4.69, 9.17) is 9.72 Å². The smallest absolute Gasteiger partial charge is 0.0961 e. The fourth-order valence-corrected chi connectivity index (χ4v) is 4.29. The summed E-state index contributed by atoms with van der Waals surface area (Å²) in [6, 6.07) is 23.6. The van der Waals surface area contributed by atoms with Gasteiger partial charge < -0.3 is 9.72 Å². The van der Waals surface area contributed by atoms with Crippen LogP contribution in [0.4, 0.5) is 0 Å². The zero-order valence-corrected chi connectivity index (χ0v) is 14.7. The van der Waals surface area contributed by atoms with Crippen LogP contribution in [0.3, 0.4) is 0 Å². The average Bonchev–Trinajstić information content (AvgIpc) is 3.08. The second-order valence-corrected chi connectivity index (χ2v) is 7.14. The summed E-state index contributed by atoms with van der Waals surface area (Å²) in [7, 11) is 0. The van der Waals surface area contributed by atoms with Gasteiger partial charge in [-0.15, -0.1) is 0 Å². The van der Waals surface area contributed by atoms with E-state index in [1.807, 2.05) is 0 Å². The summed E-state index contributed by atoms with van der Waals surface area (Å²) in [6.07, 6.45) is 2.18. The standard InChI is InChI=1S/C23H22N2O/c1-2-6-16(7-3-1)22(17-12-14-26-15-13-17)20-10-11-21-23(25-20)18-8-4-5-9-19(18)24-21/h1-11,17,22,24H,12-15H2. The second-order valence-electron chi connectivity index (χ2n) is 7.14. The molecule has 0 radical (unpaired) electrons. The molecule has 0 spiro atoms. The third-order valence-corrected chi connectivity index (χ3v) is 5.58. The number of aromatic amines is 1. The first-order valence-electron chi connectivity index (χ1n) is 9.40. The van der Waals surface area contributed by atoms with Gasteiger partial charge in [-0.05, 0) is 42.5 Å². The van der Waals surface area contributed by atoms with E-state index in [2.05, 4.69) is 71.7 Å². The molecular weight excluding hydrogens is 320 g/mol. The van der Waals surface area contributed by atoms with Crippen LogP contribution in [0.2, 0.25) is 0 Å². The Labute approximate surface area is 153 Å². The zero-order chi connectivity index (χ0) is 17.3. The third-order valence-electron chi connectivity index (χ3n) is 5.58. The van der Waals surface area contributed by atoms with Crippen molar-refractivity contribution in [2.24, 2.45) is 5.92 Å². The number of hydrogen-bond acceptors (Lipinski definition) is 2. The normalized spacial score (nSPS) is 16.9. The molecule has 4 aromatic rings. The van der Waals surface area contributed by atoms with Gasteiger partial charge in [0.1, 0.15) is 0 Å². The van der Waals surface area contributed by atoms with Crippen LogP contribution in [0.1, 0.15) is 30.0 Å². The van der Waals surface area contributed by atoms with Crippen molar-refractivity contribution in [3.63, 3.8) is 0 Å². The predicted octanol–water partition coefficient (Wildman–Crippen LogP) is 5.27. The van der Waals surface area contributed by atoms with E-state index in [9.17, 15) is 0 Å². The van der Waals surface area contributed by atoms with Crippen LogP contribution in [0.15, 0.2) is 66.7 Å². The monoisotopic (exact) mass is 342 g/mol. The van der Waals surface area contributed by atoms with Gasteiger partial charge in [0.25, 0.3) is 0 Å². The van der Waals surface area contributed by atoms with Crippen molar-refractivity contribution < 1.29 is 4.74 Å². The number of para-hydroxylation sites is 1. The lowest BCUT2D eigenvalue weighted by Crippen LogP contribution is -2.23. The van der Waals surface area contributed by atoms with Crippen molar-refractivity contribution in [2.45, 2.75) is 18.8 Å². The molecule has 1 saturated heterocycles. The average molecular weight is 342 g/mol. The first-order chi connectivity index (χ1) is 12.9. The molecule has 1 fully saturated rings. The molecule has 26 heavy (non-hydrogen) atoms. The predicted molar refractivity (Wildman–Crippen MR) is 105 cm³/mol. The van der Waals surface area contributed by atoms with Crippen molar-refractivity contribution in [3.05, 3.63) is 78.0 Å². The van der Waals surface area contributed by atoms with Gasteiger partial charge in [-0.25, -0.2) is 4.98 Å². The summed E-state index contributed by atoms with van der Waals surface area (Å²) < 4.78 is 5.61. The maximum Gasteiger partial charge on any atom is 0.0961 e. The highest BCUT2D eigenvalue weighted by Gasteiger charge is 2.28. The molecule has 0 bridgehead atoms. The number of rotatable bonds is 3. The molecule has 1 atom stereocenters. The number of hydrogen-bond donors (Lipinski definition) is 1. The molecule has 3 heterocycles. The number of aromatic nitrogens is 2. The minimum Gasteiger partial charge on any atom is -0.381 e. The van der Waals surface area contributed by atoms with Gasteiger partial charge in [-0.3, -0.25) is 0 Å². The summed E-state index contributed by atoms with van der Waals surface area (Å²) in [4.78, 5) is 8.62. The van der Waals surface area contributed by atoms with E-state index in [0.29, 0.717) is 11.8 Å². The maximum atomic E-state index is 5.61. The van der Waals surface area contributed by atoms with Crippen molar-refractivity contribution >= 4 is 21.9 Å². The minimum absolute atomic E-state index is 0.318. The molecule has 1 aliphatic heterocycles. The van der Waals surface area contributed by atoms with E-state index in [1.54, 1.807) is 0 Å². The molecule has 1 unspecified atom stereocenters. The van der Waals surface area contributed by atoms with Gasteiger partial charge in [0.05, 0.1) is 11.0 Å². The summed E-state index contributed by atoms with van der Waals surface area (Å²) in [5.41, 5.74) is 5.85. The first kappa shape index (κ1) is 15.6. The Kier molecular flexibility index (Phi) is 3.95. The lowest BCUT2D eigenvalue weighted by Gasteiger charge is -2.30. The SMILES string of the molecule is c1ccc(C(c2ccc3[nH]c4ccccc4c3n2)C2CCOCC2)cc1. The topological polar surface area (TPSA) is 37.9 Å². The van der Waals surface area contributed by atoms with E-state index in [0.717, 1.165) is 42.6 Å². The van der Waals surface area contributed by atoms with E-state index >= 15 is 0 Å².